The highest BCUT2D eigenvalue weighted by molar-refractivity contribution is 5.64. The summed E-state index contributed by atoms with van der Waals surface area (Å²) in [6.07, 6.45) is 3.67. The molecule has 17 heavy (non-hydrogen) atoms. The fourth-order valence-corrected chi connectivity index (χ4v) is 2.22. The summed E-state index contributed by atoms with van der Waals surface area (Å²) in [5.74, 6) is 0.737. The molecule has 0 fully saturated rings. The molecule has 1 heterocycles. The molecule has 0 spiro atoms. The Morgan fingerprint density at radius 3 is 3.00 bits per heavy atom. The number of ether oxygens (including phenoxy) is 1. The van der Waals surface area contributed by atoms with Gasteiger partial charge >= 0.3 is 0 Å². The molecule has 0 saturated heterocycles. The van der Waals surface area contributed by atoms with Gasteiger partial charge in [-0.05, 0) is 32.9 Å². The molecule has 0 atom stereocenters. The first kappa shape index (κ1) is 12.2. The molecule has 4 heteroatoms. The first-order chi connectivity index (χ1) is 8.16. The molecule has 1 aromatic rings. The molecule has 2 rings (SSSR count). The highest BCUT2D eigenvalue weighted by Gasteiger charge is 2.24. The van der Waals surface area contributed by atoms with Crippen molar-refractivity contribution in [1.82, 2.24) is 9.88 Å². The van der Waals surface area contributed by atoms with E-state index in [0.717, 1.165) is 36.4 Å². The molecule has 0 radical (unpaired) electrons. The minimum Gasteiger partial charge on any atom is -0.490 e. The summed E-state index contributed by atoms with van der Waals surface area (Å²) in [6.45, 7) is 3.20. The van der Waals surface area contributed by atoms with E-state index in [-0.39, 0.29) is 5.82 Å². The standard InChI is InChI=1S/C13H19FN2O/c1-9-12(14)10-5-4-6-11(13(10)16(9)3)17-8-7-15-2/h6,15H,4-5,7-8H2,1-3H3. The average Bonchev–Trinajstić information content (AvgIpc) is 2.56. The van der Waals surface area contributed by atoms with Crippen molar-refractivity contribution in [3.8, 4) is 0 Å². The van der Waals surface area contributed by atoms with E-state index in [2.05, 4.69) is 11.4 Å². The fraction of sp³-hybridized carbons (Fsp3) is 0.538. The van der Waals surface area contributed by atoms with Crippen molar-refractivity contribution >= 4 is 5.76 Å². The Bertz CT molecular complexity index is 449. The number of hydrogen-bond donors (Lipinski definition) is 1. The molecular weight excluding hydrogens is 219 g/mol. The molecule has 0 amide bonds. The largest absolute Gasteiger partial charge is 0.490 e. The third-order valence-electron chi connectivity index (χ3n) is 3.27. The van der Waals surface area contributed by atoms with Crippen LogP contribution in [0.5, 0.6) is 0 Å². The van der Waals surface area contributed by atoms with Crippen molar-refractivity contribution in [3.63, 3.8) is 0 Å². The highest BCUT2D eigenvalue weighted by atomic mass is 19.1. The molecule has 3 nitrogen and oxygen atoms in total. The summed E-state index contributed by atoms with van der Waals surface area (Å²) in [6, 6.07) is 0. The van der Waals surface area contributed by atoms with Gasteiger partial charge in [-0.2, -0.15) is 0 Å². The summed E-state index contributed by atoms with van der Waals surface area (Å²) in [5.41, 5.74) is 2.38. The maximum absolute atomic E-state index is 13.9. The normalized spacial score (nSPS) is 14.5. The van der Waals surface area contributed by atoms with Gasteiger partial charge in [0.25, 0.3) is 0 Å². The summed E-state index contributed by atoms with van der Waals surface area (Å²) >= 11 is 0. The predicted octanol–water partition coefficient (Wildman–Crippen LogP) is 2.00. The van der Waals surface area contributed by atoms with Gasteiger partial charge in [0.15, 0.2) is 0 Å². The lowest BCUT2D eigenvalue weighted by molar-refractivity contribution is 0.274. The molecular formula is C13H19FN2O. The van der Waals surface area contributed by atoms with Crippen molar-refractivity contribution in [2.45, 2.75) is 19.8 Å². The minimum absolute atomic E-state index is 0.0784. The van der Waals surface area contributed by atoms with Crippen LogP contribution in [0.3, 0.4) is 0 Å². The van der Waals surface area contributed by atoms with Crippen LogP contribution < -0.4 is 5.32 Å². The van der Waals surface area contributed by atoms with Crippen molar-refractivity contribution in [2.24, 2.45) is 7.05 Å². The Kier molecular flexibility index (Phi) is 3.52. The maximum Gasteiger partial charge on any atom is 0.147 e. The Morgan fingerprint density at radius 2 is 2.29 bits per heavy atom. The Balaban J connectivity index is 2.28. The van der Waals surface area contributed by atoms with Gasteiger partial charge in [-0.15, -0.1) is 0 Å². The molecule has 0 unspecified atom stereocenters. The summed E-state index contributed by atoms with van der Waals surface area (Å²) in [5, 5.41) is 3.03. The maximum atomic E-state index is 13.9. The number of likely N-dealkylation sites (N-methyl/N-ethyl adjacent to an activating group) is 1. The Morgan fingerprint density at radius 1 is 1.53 bits per heavy atom. The number of hydrogen-bond acceptors (Lipinski definition) is 2. The average molecular weight is 238 g/mol. The Labute approximate surface area is 101 Å². The van der Waals surface area contributed by atoms with Crippen LogP contribution in [0.2, 0.25) is 0 Å². The molecule has 1 aromatic heterocycles. The third kappa shape index (κ3) is 2.09. The lowest BCUT2D eigenvalue weighted by Crippen LogP contribution is -2.15. The molecule has 1 aliphatic rings. The third-order valence-corrected chi connectivity index (χ3v) is 3.27. The van der Waals surface area contributed by atoms with Crippen molar-refractivity contribution < 1.29 is 9.13 Å². The highest BCUT2D eigenvalue weighted by Crippen LogP contribution is 2.32. The van der Waals surface area contributed by atoms with Gasteiger partial charge in [0.2, 0.25) is 0 Å². The van der Waals surface area contributed by atoms with Crippen LogP contribution in [0.1, 0.15) is 23.4 Å². The lowest BCUT2D eigenvalue weighted by atomic mass is 10.0. The van der Waals surface area contributed by atoms with E-state index in [4.69, 9.17) is 4.74 Å². The Hall–Kier alpha value is -1.29. The van der Waals surface area contributed by atoms with E-state index in [9.17, 15) is 4.39 Å². The van der Waals surface area contributed by atoms with Crippen LogP contribution in [0.15, 0.2) is 6.08 Å². The van der Waals surface area contributed by atoms with Crippen LogP contribution in [0, 0.1) is 12.7 Å². The minimum atomic E-state index is -0.0784. The van der Waals surface area contributed by atoms with Gasteiger partial charge in [0.1, 0.15) is 18.2 Å². The zero-order valence-corrected chi connectivity index (χ0v) is 10.6. The van der Waals surface area contributed by atoms with E-state index in [1.54, 1.807) is 6.92 Å². The molecule has 0 bridgehead atoms. The summed E-state index contributed by atoms with van der Waals surface area (Å²) in [7, 11) is 3.77. The van der Waals surface area contributed by atoms with Gasteiger partial charge in [-0.3, -0.25) is 0 Å². The van der Waals surface area contributed by atoms with Gasteiger partial charge in [0.05, 0.1) is 11.4 Å². The van der Waals surface area contributed by atoms with Gasteiger partial charge in [-0.25, -0.2) is 4.39 Å². The van der Waals surface area contributed by atoms with Crippen LogP contribution in [0.25, 0.3) is 5.76 Å². The molecule has 1 N–H and O–H groups in total. The lowest BCUT2D eigenvalue weighted by Gasteiger charge is -2.17. The molecule has 0 saturated carbocycles. The van der Waals surface area contributed by atoms with Gasteiger partial charge in [-0.1, -0.05) is 0 Å². The number of allylic oxidation sites excluding steroid dienone is 1. The van der Waals surface area contributed by atoms with Crippen LogP contribution >= 0.6 is 0 Å². The first-order valence-corrected chi connectivity index (χ1v) is 5.98. The summed E-state index contributed by atoms with van der Waals surface area (Å²) in [4.78, 5) is 0. The van der Waals surface area contributed by atoms with Crippen LogP contribution in [0.4, 0.5) is 4.39 Å². The SMILES string of the molecule is CNCCOC1=CCCc2c(F)c(C)n(C)c21. The van der Waals surface area contributed by atoms with E-state index in [1.807, 2.05) is 18.7 Å². The topological polar surface area (TPSA) is 26.2 Å². The quantitative estimate of drug-likeness (QED) is 0.812. The second-order valence-corrected chi connectivity index (χ2v) is 4.34. The van der Waals surface area contributed by atoms with E-state index in [0.29, 0.717) is 12.3 Å². The zero-order valence-electron chi connectivity index (χ0n) is 10.6. The van der Waals surface area contributed by atoms with Crippen molar-refractivity contribution in [3.05, 3.63) is 28.8 Å². The van der Waals surface area contributed by atoms with Crippen LogP contribution in [-0.2, 0) is 18.2 Å². The van der Waals surface area contributed by atoms with E-state index < -0.39 is 0 Å². The van der Waals surface area contributed by atoms with Gasteiger partial charge in [0, 0.05) is 19.2 Å². The second kappa shape index (κ2) is 4.92. The predicted molar refractivity (Wildman–Crippen MR) is 66.3 cm³/mol. The number of fused-ring (bicyclic) bond motifs is 1. The van der Waals surface area contributed by atoms with Gasteiger partial charge < -0.3 is 14.6 Å². The van der Waals surface area contributed by atoms with Crippen molar-refractivity contribution in [2.75, 3.05) is 20.2 Å². The first-order valence-electron chi connectivity index (χ1n) is 5.98. The fourth-order valence-electron chi connectivity index (χ4n) is 2.22. The molecule has 0 aliphatic heterocycles. The molecule has 94 valence electrons. The van der Waals surface area contributed by atoms with Crippen molar-refractivity contribution in [1.29, 1.82) is 0 Å². The summed E-state index contributed by atoms with van der Waals surface area (Å²) < 4.78 is 21.5. The number of halogens is 1. The molecule has 0 aromatic carbocycles. The smallest absolute Gasteiger partial charge is 0.147 e. The van der Waals surface area contributed by atoms with Crippen LogP contribution in [-0.4, -0.2) is 24.8 Å². The second-order valence-electron chi connectivity index (χ2n) is 4.34. The number of aromatic nitrogens is 1. The molecule has 1 aliphatic carbocycles. The van der Waals surface area contributed by atoms with E-state index >= 15 is 0 Å². The van der Waals surface area contributed by atoms with E-state index in [1.165, 1.54) is 0 Å². The zero-order chi connectivity index (χ0) is 12.4. The number of rotatable bonds is 4. The number of nitrogens with zero attached hydrogens (tertiary/aromatic N) is 1. The number of nitrogens with one attached hydrogen (secondary N) is 1. The monoisotopic (exact) mass is 238 g/mol.